The average molecular weight is 317 g/mol. The Balaban J connectivity index is 2.60. The van der Waals surface area contributed by atoms with Crippen molar-refractivity contribution in [1.82, 2.24) is 9.13 Å². The van der Waals surface area contributed by atoms with Gasteiger partial charge in [0.05, 0.1) is 5.69 Å². The molecular weight excluding hydrogens is 298 g/mol. The van der Waals surface area contributed by atoms with Crippen molar-refractivity contribution in [3.8, 4) is 5.88 Å². The van der Waals surface area contributed by atoms with Gasteiger partial charge in [-0.1, -0.05) is 12.1 Å². The molecule has 2 aromatic rings. The van der Waals surface area contributed by atoms with Gasteiger partial charge in [-0.25, -0.2) is 0 Å². The summed E-state index contributed by atoms with van der Waals surface area (Å²) in [7, 11) is 0. The van der Waals surface area contributed by atoms with E-state index in [0.29, 0.717) is 17.9 Å². The lowest BCUT2D eigenvalue weighted by molar-refractivity contribution is 0.399. The number of rotatable bonds is 4. The van der Waals surface area contributed by atoms with Crippen molar-refractivity contribution in [2.75, 3.05) is 0 Å². The molecule has 116 valence electrons. The third-order valence-corrected chi connectivity index (χ3v) is 3.85. The van der Waals surface area contributed by atoms with E-state index in [-0.39, 0.29) is 17.0 Å². The summed E-state index contributed by atoms with van der Waals surface area (Å²) in [6, 6.07) is 7.61. The van der Waals surface area contributed by atoms with E-state index < -0.39 is 0 Å². The van der Waals surface area contributed by atoms with Gasteiger partial charge < -0.3 is 5.11 Å². The molecule has 0 amide bonds. The fourth-order valence-electron chi connectivity index (χ4n) is 2.23. The normalized spacial score (nSPS) is 11.2. The van der Waals surface area contributed by atoms with Crippen molar-refractivity contribution in [2.24, 2.45) is 4.99 Å². The first-order valence-corrected chi connectivity index (χ1v) is 7.57. The maximum absolute atomic E-state index is 12.4. The first-order valence-electron chi connectivity index (χ1n) is 7.16. The summed E-state index contributed by atoms with van der Waals surface area (Å²) in [5, 5.41) is 10.3. The number of aryl methyl sites for hydroxylation is 1. The third-order valence-electron chi connectivity index (χ3n) is 3.41. The van der Waals surface area contributed by atoms with Crippen molar-refractivity contribution in [1.29, 1.82) is 0 Å². The Hall–Kier alpha value is -2.21. The third kappa shape index (κ3) is 3.01. The standard InChI is InChI=1S/C16H19N3O2S/c1-4-18-14(20)13(15(21)19(5-2)16(18)22)10-17-12-8-6-7-11(3)9-12/h6-10,20H,4-5H2,1-3H3. The zero-order valence-corrected chi connectivity index (χ0v) is 13.7. The van der Waals surface area contributed by atoms with E-state index in [0.717, 1.165) is 11.3 Å². The number of aromatic nitrogens is 2. The molecule has 0 atom stereocenters. The molecule has 1 aromatic heterocycles. The summed E-state index contributed by atoms with van der Waals surface area (Å²) in [4.78, 5) is 16.7. The quantitative estimate of drug-likeness (QED) is 0.696. The number of benzene rings is 1. The predicted octanol–water partition coefficient (Wildman–Crippen LogP) is 3.18. The highest BCUT2D eigenvalue weighted by Gasteiger charge is 2.13. The van der Waals surface area contributed by atoms with E-state index in [1.807, 2.05) is 45.0 Å². The van der Waals surface area contributed by atoms with Gasteiger partial charge in [0.1, 0.15) is 5.56 Å². The zero-order valence-electron chi connectivity index (χ0n) is 12.9. The predicted molar refractivity (Wildman–Crippen MR) is 91.0 cm³/mol. The summed E-state index contributed by atoms with van der Waals surface area (Å²) < 4.78 is 3.30. The molecule has 0 aliphatic rings. The maximum Gasteiger partial charge on any atom is 0.267 e. The molecular formula is C16H19N3O2S. The molecule has 0 radical (unpaired) electrons. The molecule has 2 rings (SSSR count). The van der Waals surface area contributed by atoms with Gasteiger partial charge in [-0.3, -0.25) is 18.9 Å². The number of nitrogens with zero attached hydrogens (tertiary/aromatic N) is 3. The van der Waals surface area contributed by atoms with Gasteiger partial charge in [0.2, 0.25) is 5.88 Å². The van der Waals surface area contributed by atoms with E-state index in [2.05, 4.69) is 4.99 Å². The summed E-state index contributed by atoms with van der Waals surface area (Å²) >= 11 is 5.24. The average Bonchev–Trinajstić information content (AvgIpc) is 2.48. The Morgan fingerprint density at radius 1 is 1.27 bits per heavy atom. The van der Waals surface area contributed by atoms with E-state index in [4.69, 9.17) is 12.2 Å². The van der Waals surface area contributed by atoms with E-state index in [1.165, 1.54) is 15.3 Å². The van der Waals surface area contributed by atoms with Gasteiger partial charge in [0.25, 0.3) is 5.56 Å². The smallest absolute Gasteiger partial charge is 0.267 e. The number of aliphatic imine (C=N–C) groups is 1. The lowest BCUT2D eigenvalue weighted by Gasteiger charge is -2.13. The van der Waals surface area contributed by atoms with Crippen LogP contribution in [0, 0.1) is 11.7 Å². The largest absolute Gasteiger partial charge is 0.494 e. The van der Waals surface area contributed by atoms with Crippen molar-refractivity contribution in [3.05, 3.63) is 50.5 Å². The number of hydrogen-bond donors (Lipinski definition) is 1. The second-order valence-corrected chi connectivity index (χ2v) is 5.28. The fraction of sp³-hybridized carbons (Fsp3) is 0.312. The van der Waals surface area contributed by atoms with Crippen LogP contribution in [0.25, 0.3) is 0 Å². The zero-order chi connectivity index (χ0) is 16.3. The van der Waals surface area contributed by atoms with Crippen molar-refractivity contribution >= 4 is 24.1 Å². The molecule has 6 heteroatoms. The van der Waals surface area contributed by atoms with Crippen LogP contribution in [0.15, 0.2) is 34.1 Å². The number of hydrogen-bond acceptors (Lipinski definition) is 4. The summed E-state index contributed by atoms with van der Waals surface area (Å²) in [5.41, 5.74) is 1.63. The van der Waals surface area contributed by atoms with Crippen molar-refractivity contribution < 1.29 is 5.11 Å². The van der Waals surface area contributed by atoms with Gasteiger partial charge in [0, 0.05) is 19.3 Å². The minimum absolute atomic E-state index is 0.140. The van der Waals surface area contributed by atoms with E-state index >= 15 is 0 Å². The van der Waals surface area contributed by atoms with Gasteiger partial charge in [0.15, 0.2) is 4.77 Å². The Morgan fingerprint density at radius 2 is 1.95 bits per heavy atom. The van der Waals surface area contributed by atoms with Crippen LogP contribution in [0.3, 0.4) is 0 Å². The molecule has 0 fully saturated rings. The van der Waals surface area contributed by atoms with Crippen LogP contribution in [-0.2, 0) is 13.1 Å². The fourth-order valence-corrected chi connectivity index (χ4v) is 2.66. The Morgan fingerprint density at radius 3 is 2.55 bits per heavy atom. The Labute approximate surface area is 134 Å². The van der Waals surface area contributed by atoms with Crippen LogP contribution in [0.1, 0.15) is 25.0 Å². The van der Waals surface area contributed by atoms with Crippen LogP contribution >= 0.6 is 12.2 Å². The molecule has 1 heterocycles. The Bertz CT molecular complexity index is 834. The maximum atomic E-state index is 12.4. The van der Waals surface area contributed by atoms with Crippen molar-refractivity contribution in [2.45, 2.75) is 33.9 Å². The highest BCUT2D eigenvalue weighted by molar-refractivity contribution is 7.71. The molecule has 1 N–H and O–H groups in total. The number of aromatic hydroxyl groups is 1. The van der Waals surface area contributed by atoms with Crippen LogP contribution in [0.2, 0.25) is 0 Å². The van der Waals surface area contributed by atoms with Crippen LogP contribution in [0.4, 0.5) is 5.69 Å². The topological polar surface area (TPSA) is 59.5 Å². The molecule has 0 bridgehead atoms. The van der Waals surface area contributed by atoms with Crippen LogP contribution < -0.4 is 5.56 Å². The molecule has 1 aromatic carbocycles. The lowest BCUT2D eigenvalue weighted by atomic mass is 10.2. The minimum Gasteiger partial charge on any atom is -0.494 e. The lowest BCUT2D eigenvalue weighted by Crippen LogP contribution is -2.27. The van der Waals surface area contributed by atoms with Gasteiger partial charge in [-0.2, -0.15) is 0 Å². The van der Waals surface area contributed by atoms with Gasteiger partial charge in [-0.05, 0) is 50.7 Å². The first kappa shape index (κ1) is 16.2. The summed E-state index contributed by atoms with van der Waals surface area (Å²) in [5.74, 6) is -0.140. The van der Waals surface area contributed by atoms with Gasteiger partial charge >= 0.3 is 0 Å². The molecule has 5 nitrogen and oxygen atoms in total. The molecule has 0 aliphatic heterocycles. The monoisotopic (exact) mass is 317 g/mol. The van der Waals surface area contributed by atoms with E-state index in [9.17, 15) is 9.90 Å². The minimum atomic E-state index is -0.328. The SMILES string of the molecule is CCn1c(O)c(C=Nc2cccc(C)c2)c(=O)n(CC)c1=S. The van der Waals surface area contributed by atoms with Gasteiger partial charge in [-0.15, -0.1) is 0 Å². The van der Waals surface area contributed by atoms with Crippen LogP contribution in [-0.4, -0.2) is 20.5 Å². The van der Waals surface area contributed by atoms with Crippen LogP contribution in [0.5, 0.6) is 5.88 Å². The molecule has 0 saturated heterocycles. The second-order valence-electron chi connectivity index (χ2n) is 4.91. The summed E-state index contributed by atoms with van der Waals surface area (Å²) in [6.45, 7) is 6.61. The molecule has 0 saturated carbocycles. The highest BCUT2D eigenvalue weighted by Crippen LogP contribution is 2.16. The highest BCUT2D eigenvalue weighted by atomic mass is 32.1. The van der Waals surface area contributed by atoms with E-state index in [1.54, 1.807) is 0 Å². The van der Waals surface area contributed by atoms with Crippen molar-refractivity contribution in [3.63, 3.8) is 0 Å². The second kappa shape index (κ2) is 6.70. The first-order chi connectivity index (χ1) is 10.5. The Kier molecular flexibility index (Phi) is 4.92. The molecule has 0 unspecified atom stereocenters. The molecule has 0 aliphatic carbocycles. The molecule has 0 spiro atoms. The summed E-state index contributed by atoms with van der Waals surface area (Å²) in [6.07, 6.45) is 1.40. The molecule has 22 heavy (non-hydrogen) atoms.